The molecule has 9 heavy (non-hydrogen) atoms. The van der Waals surface area contributed by atoms with Crippen molar-refractivity contribution in [3.8, 4) is 0 Å². The fraction of sp³-hybridized carbons (Fsp3) is 1.00. The molecule has 52 valence electrons. The summed E-state index contributed by atoms with van der Waals surface area (Å²) >= 11 is 2.60. The molecule has 0 heterocycles. The van der Waals surface area contributed by atoms with E-state index in [1.165, 1.54) is 12.8 Å². The molecular formula is C8H13I. The Morgan fingerprint density at radius 2 is 1.56 bits per heavy atom. The Bertz CT molecular complexity index is 106. The lowest BCUT2D eigenvalue weighted by Crippen LogP contribution is -2.14. The first-order chi connectivity index (χ1) is 4.31. The lowest BCUT2D eigenvalue weighted by atomic mass is 9.86. The molecule has 0 amide bonds. The van der Waals surface area contributed by atoms with Crippen LogP contribution in [0.3, 0.4) is 0 Å². The fourth-order valence-corrected chi connectivity index (χ4v) is 2.49. The lowest BCUT2D eigenvalue weighted by molar-refractivity contribution is 0.350. The van der Waals surface area contributed by atoms with Crippen LogP contribution in [0.15, 0.2) is 0 Å². The predicted octanol–water partition coefficient (Wildman–Crippen LogP) is 3.14. The quantitative estimate of drug-likeness (QED) is 0.447. The van der Waals surface area contributed by atoms with Crippen molar-refractivity contribution in [2.45, 2.75) is 42.4 Å². The number of rotatable bonds is 0. The van der Waals surface area contributed by atoms with Gasteiger partial charge in [-0.25, -0.2) is 0 Å². The molecule has 2 saturated carbocycles. The molecule has 0 aromatic heterocycles. The van der Waals surface area contributed by atoms with Crippen LogP contribution in [0.2, 0.25) is 0 Å². The second-order valence-electron chi connectivity index (χ2n) is 3.67. The highest BCUT2D eigenvalue weighted by molar-refractivity contribution is 14.1. The molecule has 2 aliphatic carbocycles. The van der Waals surface area contributed by atoms with Crippen LogP contribution in [-0.2, 0) is 0 Å². The van der Waals surface area contributed by atoms with Crippen LogP contribution in [0.5, 0.6) is 0 Å². The van der Waals surface area contributed by atoms with Crippen molar-refractivity contribution in [3.63, 3.8) is 0 Å². The summed E-state index contributed by atoms with van der Waals surface area (Å²) in [5.41, 5.74) is 0.904. The third kappa shape index (κ3) is 1.26. The van der Waals surface area contributed by atoms with Crippen molar-refractivity contribution in [1.29, 1.82) is 0 Å². The van der Waals surface area contributed by atoms with Crippen LogP contribution >= 0.6 is 22.6 Å². The van der Waals surface area contributed by atoms with Crippen molar-refractivity contribution in [2.24, 2.45) is 5.41 Å². The Hall–Kier alpha value is 0.730. The van der Waals surface area contributed by atoms with Crippen LogP contribution in [0.4, 0.5) is 0 Å². The molecule has 1 spiro atoms. The van der Waals surface area contributed by atoms with E-state index in [0.29, 0.717) is 0 Å². The van der Waals surface area contributed by atoms with Gasteiger partial charge in [0.15, 0.2) is 0 Å². The van der Waals surface area contributed by atoms with Gasteiger partial charge in [0.1, 0.15) is 0 Å². The molecule has 0 saturated heterocycles. The standard InChI is InChI=1S/C8H13I/c9-7-1-3-8(4-2-7)5-6-8/h7H,1-6H2. The van der Waals surface area contributed by atoms with Crippen molar-refractivity contribution in [3.05, 3.63) is 0 Å². The van der Waals surface area contributed by atoms with E-state index in [2.05, 4.69) is 22.6 Å². The van der Waals surface area contributed by atoms with Gasteiger partial charge < -0.3 is 0 Å². The average molecular weight is 236 g/mol. The van der Waals surface area contributed by atoms with Gasteiger partial charge in [-0.1, -0.05) is 22.6 Å². The number of hydrogen-bond donors (Lipinski definition) is 0. The van der Waals surface area contributed by atoms with Gasteiger partial charge in [-0.3, -0.25) is 0 Å². The highest BCUT2D eigenvalue weighted by Gasteiger charge is 2.44. The van der Waals surface area contributed by atoms with E-state index >= 15 is 0 Å². The number of alkyl halides is 1. The van der Waals surface area contributed by atoms with Crippen LogP contribution in [0.25, 0.3) is 0 Å². The zero-order chi connectivity index (χ0) is 6.32. The van der Waals surface area contributed by atoms with Crippen molar-refractivity contribution in [2.75, 3.05) is 0 Å². The molecule has 2 rings (SSSR count). The summed E-state index contributed by atoms with van der Waals surface area (Å²) in [6.45, 7) is 0. The Morgan fingerprint density at radius 3 is 2.00 bits per heavy atom. The first kappa shape index (κ1) is 6.44. The third-order valence-corrected chi connectivity index (χ3v) is 4.18. The van der Waals surface area contributed by atoms with Gasteiger partial charge in [0.25, 0.3) is 0 Å². The van der Waals surface area contributed by atoms with Gasteiger partial charge in [-0.15, -0.1) is 0 Å². The molecule has 0 aromatic carbocycles. The summed E-state index contributed by atoms with van der Waals surface area (Å²) < 4.78 is 1.01. The summed E-state index contributed by atoms with van der Waals surface area (Å²) in [7, 11) is 0. The Morgan fingerprint density at radius 1 is 1.00 bits per heavy atom. The summed E-state index contributed by atoms with van der Waals surface area (Å²) in [4.78, 5) is 0. The first-order valence-corrected chi connectivity index (χ1v) is 5.19. The van der Waals surface area contributed by atoms with E-state index in [4.69, 9.17) is 0 Å². The van der Waals surface area contributed by atoms with E-state index in [1.54, 1.807) is 25.7 Å². The monoisotopic (exact) mass is 236 g/mol. The van der Waals surface area contributed by atoms with Gasteiger partial charge in [0.2, 0.25) is 0 Å². The molecule has 2 fully saturated rings. The summed E-state index contributed by atoms with van der Waals surface area (Å²) in [5.74, 6) is 0. The first-order valence-electron chi connectivity index (χ1n) is 3.95. The van der Waals surface area contributed by atoms with E-state index in [9.17, 15) is 0 Å². The molecule has 0 radical (unpaired) electrons. The minimum absolute atomic E-state index is 0.904. The molecule has 1 heteroatoms. The second kappa shape index (κ2) is 2.11. The normalized spacial score (nSPS) is 33.0. The average Bonchev–Trinajstić information content (AvgIpc) is 2.60. The molecule has 0 N–H and O–H groups in total. The van der Waals surface area contributed by atoms with Crippen molar-refractivity contribution >= 4 is 22.6 Å². The van der Waals surface area contributed by atoms with E-state index in [0.717, 1.165) is 9.34 Å². The van der Waals surface area contributed by atoms with Crippen LogP contribution in [0.1, 0.15) is 38.5 Å². The third-order valence-electron chi connectivity index (χ3n) is 2.93. The Kier molecular flexibility index (Phi) is 1.51. The van der Waals surface area contributed by atoms with Gasteiger partial charge in [0.05, 0.1) is 0 Å². The minimum Gasteiger partial charge on any atom is -0.0826 e. The Labute approximate surface area is 70.5 Å². The SMILES string of the molecule is IC1CCC2(CC1)CC2. The zero-order valence-corrected chi connectivity index (χ0v) is 7.86. The molecule has 0 unspecified atom stereocenters. The Balaban J connectivity index is 1.91. The molecule has 0 nitrogen and oxygen atoms in total. The van der Waals surface area contributed by atoms with Crippen LogP contribution < -0.4 is 0 Å². The molecular weight excluding hydrogens is 223 g/mol. The van der Waals surface area contributed by atoms with Gasteiger partial charge in [0, 0.05) is 3.92 Å². The van der Waals surface area contributed by atoms with Crippen LogP contribution in [0, 0.1) is 5.41 Å². The summed E-state index contributed by atoms with van der Waals surface area (Å²) in [5, 5.41) is 0. The maximum atomic E-state index is 2.60. The molecule has 0 atom stereocenters. The van der Waals surface area contributed by atoms with Crippen molar-refractivity contribution < 1.29 is 0 Å². The van der Waals surface area contributed by atoms with E-state index < -0.39 is 0 Å². The van der Waals surface area contributed by atoms with Crippen molar-refractivity contribution in [1.82, 2.24) is 0 Å². The minimum atomic E-state index is 0.904. The lowest BCUT2D eigenvalue weighted by Gasteiger charge is -2.24. The highest BCUT2D eigenvalue weighted by Crippen LogP contribution is 2.56. The molecule has 0 aliphatic heterocycles. The fourth-order valence-electron chi connectivity index (χ4n) is 1.87. The van der Waals surface area contributed by atoms with Gasteiger partial charge in [-0.05, 0) is 43.9 Å². The molecule has 2 aliphatic rings. The number of halogens is 1. The maximum Gasteiger partial charge on any atom is 0.0110 e. The van der Waals surface area contributed by atoms with E-state index in [-0.39, 0.29) is 0 Å². The predicted molar refractivity (Wildman–Crippen MR) is 47.9 cm³/mol. The van der Waals surface area contributed by atoms with E-state index in [1.807, 2.05) is 0 Å². The summed E-state index contributed by atoms with van der Waals surface area (Å²) in [6, 6.07) is 0. The van der Waals surface area contributed by atoms with Crippen LogP contribution in [-0.4, -0.2) is 3.92 Å². The molecule has 0 aromatic rings. The highest BCUT2D eigenvalue weighted by atomic mass is 127. The summed E-state index contributed by atoms with van der Waals surface area (Å²) in [6.07, 6.45) is 9.19. The second-order valence-corrected chi connectivity index (χ2v) is 5.44. The smallest absolute Gasteiger partial charge is 0.0110 e. The van der Waals surface area contributed by atoms with Gasteiger partial charge in [-0.2, -0.15) is 0 Å². The number of hydrogen-bond acceptors (Lipinski definition) is 0. The topological polar surface area (TPSA) is 0 Å². The largest absolute Gasteiger partial charge is 0.0826 e. The van der Waals surface area contributed by atoms with Gasteiger partial charge >= 0.3 is 0 Å². The zero-order valence-electron chi connectivity index (χ0n) is 5.70. The maximum absolute atomic E-state index is 2.60. The molecule has 0 bridgehead atoms.